The molecule has 1 aliphatic rings. The van der Waals surface area contributed by atoms with Crippen LogP contribution in [0.2, 0.25) is 0 Å². The minimum absolute atomic E-state index is 0.0150. The Hall–Kier alpha value is -1.58. The molecule has 0 aliphatic heterocycles. The molecule has 0 atom stereocenters. The number of rotatable bonds is 4. The summed E-state index contributed by atoms with van der Waals surface area (Å²) in [6, 6.07) is 3.93. The largest absolute Gasteiger partial charge is 0.370 e. The van der Waals surface area contributed by atoms with Gasteiger partial charge >= 0.3 is 0 Å². The number of anilines is 1. The van der Waals surface area contributed by atoms with Crippen molar-refractivity contribution in [2.24, 2.45) is 5.41 Å². The van der Waals surface area contributed by atoms with E-state index in [4.69, 9.17) is 0 Å². The first kappa shape index (κ1) is 14.8. The van der Waals surface area contributed by atoms with Crippen LogP contribution in [-0.2, 0) is 0 Å². The third kappa shape index (κ3) is 3.71. The molecule has 20 heavy (non-hydrogen) atoms. The van der Waals surface area contributed by atoms with Gasteiger partial charge in [0.1, 0.15) is 5.82 Å². The number of nitrogens with one attached hydrogen (secondary N) is 2. The van der Waals surface area contributed by atoms with Crippen molar-refractivity contribution in [3.05, 3.63) is 23.9 Å². The summed E-state index contributed by atoms with van der Waals surface area (Å²) in [6.07, 6.45) is 6.18. The average Bonchev–Trinajstić information content (AvgIpc) is 2.42. The Labute approximate surface area is 121 Å². The van der Waals surface area contributed by atoms with Gasteiger partial charge in [0.15, 0.2) is 0 Å². The van der Waals surface area contributed by atoms with Crippen LogP contribution in [0, 0.1) is 5.41 Å². The average molecular weight is 275 g/mol. The van der Waals surface area contributed by atoms with Gasteiger partial charge in [0.2, 0.25) is 0 Å². The van der Waals surface area contributed by atoms with Crippen LogP contribution in [0.4, 0.5) is 5.82 Å². The number of nitrogens with zero attached hydrogens (tertiary/aromatic N) is 1. The molecule has 2 N–H and O–H groups in total. The van der Waals surface area contributed by atoms with Gasteiger partial charge in [0.05, 0.1) is 5.56 Å². The molecule has 1 aromatic rings. The predicted octanol–water partition coefficient (Wildman–Crippen LogP) is 3.21. The molecule has 1 fully saturated rings. The second-order valence-electron chi connectivity index (χ2n) is 6.34. The van der Waals surface area contributed by atoms with Crippen LogP contribution in [0.15, 0.2) is 18.3 Å². The molecule has 0 spiro atoms. The van der Waals surface area contributed by atoms with Crippen LogP contribution in [0.1, 0.15) is 56.8 Å². The molecule has 2 rings (SSSR count). The second-order valence-corrected chi connectivity index (χ2v) is 6.34. The Morgan fingerprint density at radius 3 is 2.75 bits per heavy atom. The van der Waals surface area contributed by atoms with Crippen molar-refractivity contribution >= 4 is 11.7 Å². The summed E-state index contributed by atoms with van der Waals surface area (Å²) in [4.78, 5) is 16.6. The predicted molar refractivity (Wildman–Crippen MR) is 81.9 cm³/mol. The van der Waals surface area contributed by atoms with E-state index in [0.717, 1.165) is 19.4 Å². The Morgan fingerprint density at radius 2 is 2.10 bits per heavy atom. The van der Waals surface area contributed by atoms with Crippen LogP contribution < -0.4 is 10.6 Å². The molecule has 0 bridgehead atoms. The first-order chi connectivity index (χ1) is 9.52. The molecule has 0 saturated heterocycles. The highest BCUT2D eigenvalue weighted by Crippen LogP contribution is 2.35. The van der Waals surface area contributed by atoms with Crippen molar-refractivity contribution in [2.75, 3.05) is 11.9 Å². The SMILES string of the molecule is CCNc1ncccc1C(=O)NC1CCC(C)(C)CC1. The van der Waals surface area contributed by atoms with Crippen LogP contribution in [0.3, 0.4) is 0 Å². The molecular weight excluding hydrogens is 250 g/mol. The maximum atomic E-state index is 12.4. The van der Waals surface area contributed by atoms with E-state index in [1.165, 1.54) is 12.8 Å². The van der Waals surface area contributed by atoms with Gasteiger partial charge in [-0.25, -0.2) is 4.98 Å². The fraction of sp³-hybridized carbons (Fsp3) is 0.625. The normalized spacial score (nSPS) is 18.6. The zero-order chi connectivity index (χ0) is 14.6. The van der Waals surface area contributed by atoms with Crippen LogP contribution in [-0.4, -0.2) is 23.5 Å². The zero-order valence-electron chi connectivity index (χ0n) is 12.7. The number of hydrogen-bond acceptors (Lipinski definition) is 3. The zero-order valence-corrected chi connectivity index (χ0v) is 12.7. The van der Waals surface area contributed by atoms with Crippen molar-refractivity contribution in [3.8, 4) is 0 Å². The molecule has 0 aromatic carbocycles. The molecule has 0 radical (unpaired) electrons. The van der Waals surface area contributed by atoms with E-state index < -0.39 is 0 Å². The van der Waals surface area contributed by atoms with E-state index in [1.54, 1.807) is 12.3 Å². The van der Waals surface area contributed by atoms with Gasteiger partial charge in [0, 0.05) is 18.8 Å². The summed E-state index contributed by atoms with van der Waals surface area (Å²) >= 11 is 0. The molecule has 1 aromatic heterocycles. The van der Waals surface area contributed by atoms with E-state index in [0.29, 0.717) is 22.8 Å². The number of carbonyl (C=O) groups is 1. The highest BCUT2D eigenvalue weighted by atomic mass is 16.1. The number of hydrogen-bond donors (Lipinski definition) is 2. The van der Waals surface area contributed by atoms with E-state index in [-0.39, 0.29) is 5.91 Å². The topological polar surface area (TPSA) is 54.0 Å². The lowest BCUT2D eigenvalue weighted by Crippen LogP contribution is -2.39. The molecule has 1 heterocycles. The van der Waals surface area contributed by atoms with Gasteiger partial charge in [-0.05, 0) is 50.2 Å². The number of aromatic nitrogens is 1. The van der Waals surface area contributed by atoms with E-state index >= 15 is 0 Å². The highest BCUT2D eigenvalue weighted by Gasteiger charge is 2.28. The first-order valence-electron chi connectivity index (χ1n) is 7.51. The summed E-state index contributed by atoms with van der Waals surface area (Å²) in [7, 11) is 0. The van der Waals surface area contributed by atoms with Gasteiger partial charge in [-0.2, -0.15) is 0 Å². The molecule has 0 unspecified atom stereocenters. The van der Waals surface area contributed by atoms with E-state index in [1.807, 2.05) is 13.0 Å². The monoisotopic (exact) mass is 275 g/mol. The summed E-state index contributed by atoms with van der Waals surface area (Å²) in [5, 5.41) is 6.29. The van der Waals surface area contributed by atoms with Gasteiger partial charge in [-0.1, -0.05) is 13.8 Å². The van der Waals surface area contributed by atoms with Gasteiger partial charge in [-0.3, -0.25) is 4.79 Å². The lowest BCUT2D eigenvalue weighted by Gasteiger charge is -2.34. The molecule has 110 valence electrons. The summed E-state index contributed by atoms with van der Waals surface area (Å²) in [5.74, 6) is 0.655. The third-order valence-corrected chi connectivity index (χ3v) is 4.07. The number of carbonyl (C=O) groups excluding carboxylic acids is 1. The van der Waals surface area contributed by atoms with Crippen molar-refractivity contribution in [1.82, 2.24) is 10.3 Å². The molecule has 1 amide bonds. The second kappa shape index (κ2) is 6.25. The number of amides is 1. The Morgan fingerprint density at radius 1 is 1.40 bits per heavy atom. The van der Waals surface area contributed by atoms with Crippen LogP contribution in [0.25, 0.3) is 0 Å². The fourth-order valence-corrected chi connectivity index (χ4v) is 2.70. The molecule has 4 heteroatoms. The minimum atomic E-state index is -0.0150. The van der Waals surface area contributed by atoms with Crippen LogP contribution >= 0.6 is 0 Å². The Kier molecular flexibility index (Phi) is 4.63. The third-order valence-electron chi connectivity index (χ3n) is 4.07. The minimum Gasteiger partial charge on any atom is -0.370 e. The Bertz CT molecular complexity index is 461. The van der Waals surface area contributed by atoms with E-state index in [9.17, 15) is 4.79 Å². The van der Waals surface area contributed by atoms with Crippen molar-refractivity contribution < 1.29 is 4.79 Å². The summed E-state index contributed by atoms with van der Waals surface area (Å²) in [5.41, 5.74) is 1.06. The lowest BCUT2D eigenvalue weighted by atomic mass is 9.75. The van der Waals surface area contributed by atoms with Crippen LogP contribution in [0.5, 0.6) is 0 Å². The maximum absolute atomic E-state index is 12.4. The van der Waals surface area contributed by atoms with Gasteiger partial charge < -0.3 is 10.6 Å². The van der Waals surface area contributed by atoms with Crippen molar-refractivity contribution in [1.29, 1.82) is 0 Å². The summed E-state index contributed by atoms with van der Waals surface area (Å²) < 4.78 is 0. The molecule has 4 nitrogen and oxygen atoms in total. The summed E-state index contributed by atoms with van der Waals surface area (Å²) in [6.45, 7) is 7.36. The van der Waals surface area contributed by atoms with Crippen molar-refractivity contribution in [3.63, 3.8) is 0 Å². The smallest absolute Gasteiger partial charge is 0.255 e. The van der Waals surface area contributed by atoms with E-state index in [2.05, 4.69) is 29.5 Å². The fourth-order valence-electron chi connectivity index (χ4n) is 2.70. The number of pyridine rings is 1. The maximum Gasteiger partial charge on any atom is 0.255 e. The highest BCUT2D eigenvalue weighted by molar-refractivity contribution is 5.98. The quantitative estimate of drug-likeness (QED) is 0.887. The standard InChI is InChI=1S/C16H25N3O/c1-4-17-14-13(6-5-11-18-14)15(20)19-12-7-9-16(2,3)10-8-12/h5-6,11-12H,4,7-10H2,1-3H3,(H,17,18)(H,19,20). The lowest BCUT2D eigenvalue weighted by molar-refractivity contribution is 0.0909. The van der Waals surface area contributed by atoms with Gasteiger partial charge in [0.25, 0.3) is 5.91 Å². The molecule has 1 aliphatic carbocycles. The van der Waals surface area contributed by atoms with Gasteiger partial charge in [-0.15, -0.1) is 0 Å². The van der Waals surface area contributed by atoms with Crippen molar-refractivity contribution in [2.45, 2.75) is 52.5 Å². The molecule has 1 saturated carbocycles. The Balaban J connectivity index is 1.99. The molecular formula is C16H25N3O. The first-order valence-corrected chi connectivity index (χ1v) is 7.51.